The van der Waals surface area contributed by atoms with Crippen molar-refractivity contribution in [3.8, 4) is 17.2 Å². The van der Waals surface area contributed by atoms with Crippen LogP contribution in [0.5, 0.6) is 17.2 Å². The van der Waals surface area contributed by atoms with Gasteiger partial charge in [-0.15, -0.1) is 0 Å². The summed E-state index contributed by atoms with van der Waals surface area (Å²) in [7, 11) is -3.96. The quantitative estimate of drug-likeness (QED) is 0.0262. The summed E-state index contributed by atoms with van der Waals surface area (Å²) in [4.78, 5) is 83.3. The standard InChI is InChI=1S/C33H49N5O5Si.C29H42N4O4Si.C25H33N5O4.C5H11NO/c1-22-26(32(40)38-16-8-9-28(31(38)35-22)43-44(6,7)33(3,4)5)14-19-37-17-12-24(13-18-37)30-27-11-10-25(21-29(27)42-36-30)41-20-15-34-23(2)39;1-19-22(28(35)33-14-7-8-24(27(33)30-19)37-38(5,6)29(2,3)4)13-17-32-15-11-20(12-16-32)26-23-10-9-21(34)18-25(23)36-31-26;1-16-19(25(32)30-10-2-3-21(31)24(30)27-16)8-13-29-11-6-17(7-12-29)23-20-5-4-18(33-14-9-26)15-22(20)34-28-23;1-3-4-6-5(2)7/h10-11,21,24,28H,8-9,12-20H2,1-7H3,(H,34,39);9-10,18,20,24,34H,7-8,11-17H2,1-6H3;4-5,15,17,21,31H,2-3,6-14,26H2,1H3;3-4H2,1-2H3,(H,6,7). The molecule has 3 fully saturated rings. The predicted molar refractivity (Wildman–Crippen MR) is 482 cm³/mol. The maximum Gasteiger partial charge on any atom is 0.257 e. The van der Waals surface area contributed by atoms with Gasteiger partial charge < -0.3 is 73.2 Å². The highest BCUT2D eigenvalue weighted by Gasteiger charge is 2.43. The monoisotopic (exact) mass is 1730 g/mol. The Morgan fingerprint density at radius 2 is 0.846 bits per heavy atom. The molecule has 6 aliphatic rings. The van der Waals surface area contributed by atoms with E-state index in [9.17, 15) is 34.2 Å². The Bertz CT molecular complexity index is 5290. The minimum atomic E-state index is -1.99. The lowest BCUT2D eigenvalue weighted by Crippen LogP contribution is -2.44. The lowest BCUT2D eigenvalue weighted by atomic mass is 9.91. The van der Waals surface area contributed by atoms with Crippen molar-refractivity contribution in [1.29, 1.82) is 0 Å². The fraction of sp³-hybridized carbons (Fsp3) is 0.620. The maximum atomic E-state index is 13.7. The molecular weight excluding hydrogens is 1600 g/mol. The van der Waals surface area contributed by atoms with E-state index in [2.05, 4.69) is 114 Å². The molecule has 2 amide bonds. The molecule has 3 unspecified atom stereocenters. The van der Waals surface area contributed by atoms with Crippen LogP contribution in [0.25, 0.3) is 32.9 Å². The lowest BCUT2D eigenvalue weighted by Gasteiger charge is -2.40. The normalized spacial score (nSPS) is 18.5. The molecule has 3 aromatic carbocycles. The van der Waals surface area contributed by atoms with Crippen LogP contribution < -0.4 is 42.5 Å². The molecule has 6 aliphatic heterocycles. The van der Waals surface area contributed by atoms with Gasteiger partial charge in [0.1, 0.15) is 66.2 Å². The van der Waals surface area contributed by atoms with Gasteiger partial charge in [0.15, 0.2) is 33.4 Å². The number of fused-ring (bicyclic) bond motifs is 6. The molecule has 12 heterocycles. The van der Waals surface area contributed by atoms with Crippen LogP contribution in [0.15, 0.2) is 82.6 Å². The number of aryl methyl sites for hydroxylation is 3. The number of rotatable bonds is 25. The summed E-state index contributed by atoms with van der Waals surface area (Å²) >= 11 is 0. The van der Waals surface area contributed by atoms with Gasteiger partial charge in [-0.2, -0.15) is 0 Å². The number of piperidine rings is 3. The first-order chi connectivity index (χ1) is 58.6. The van der Waals surface area contributed by atoms with Gasteiger partial charge in [0.2, 0.25) is 11.8 Å². The number of nitrogens with two attached hydrogens (primary N) is 1. The number of aliphatic hydroxyl groups is 1. The van der Waals surface area contributed by atoms with Gasteiger partial charge in [-0.05, 0) is 235 Å². The van der Waals surface area contributed by atoms with Crippen molar-refractivity contribution in [3.63, 3.8) is 0 Å². The van der Waals surface area contributed by atoms with Crippen LogP contribution in [0.3, 0.4) is 0 Å². The van der Waals surface area contributed by atoms with Crippen molar-refractivity contribution in [2.45, 2.75) is 278 Å². The summed E-state index contributed by atoms with van der Waals surface area (Å²) in [5, 5.41) is 41.7. The number of aromatic nitrogens is 9. The van der Waals surface area contributed by atoms with Crippen LogP contribution in [0.2, 0.25) is 36.3 Å². The van der Waals surface area contributed by atoms with Crippen molar-refractivity contribution in [2.75, 3.05) is 91.8 Å². The molecule has 6 N–H and O–H groups in total. The van der Waals surface area contributed by atoms with E-state index in [-0.39, 0.29) is 56.5 Å². The summed E-state index contributed by atoms with van der Waals surface area (Å²) in [6.07, 6.45) is 13.4. The molecule has 3 saturated heterocycles. The van der Waals surface area contributed by atoms with Crippen LogP contribution in [0, 0.1) is 20.8 Å². The molecule has 0 aliphatic carbocycles. The Hall–Kier alpha value is -8.80. The summed E-state index contributed by atoms with van der Waals surface area (Å²) in [5.74, 6) is 4.80. The average Bonchev–Trinajstić information content (AvgIpc) is 1.77. The van der Waals surface area contributed by atoms with Gasteiger partial charge in [0, 0.05) is 152 Å². The molecule has 0 saturated carbocycles. The van der Waals surface area contributed by atoms with E-state index in [0.29, 0.717) is 106 Å². The van der Waals surface area contributed by atoms with E-state index in [4.69, 9.17) is 47.6 Å². The van der Waals surface area contributed by atoms with E-state index >= 15 is 0 Å². The van der Waals surface area contributed by atoms with E-state index in [0.717, 1.165) is 239 Å². The number of hydrogen-bond donors (Lipinski definition) is 5. The first-order valence-corrected chi connectivity index (χ1v) is 50.7. The Morgan fingerprint density at radius 1 is 0.496 bits per heavy atom. The van der Waals surface area contributed by atoms with Gasteiger partial charge in [-0.25, -0.2) is 15.0 Å². The third-order valence-corrected chi connectivity index (χ3v) is 35.5. The molecule has 0 bridgehead atoms. The predicted octanol–water partition coefficient (Wildman–Crippen LogP) is 14.0. The average molecular weight is 1730 g/mol. The molecule has 29 nitrogen and oxygen atoms in total. The van der Waals surface area contributed by atoms with Crippen molar-refractivity contribution in [1.82, 2.24) is 69.5 Å². The minimum absolute atomic E-state index is 0.0139. The molecule has 31 heteroatoms. The third kappa shape index (κ3) is 22.9. The number of likely N-dealkylation sites (tertiary alicyclic amines) is 3. The molecular formula is C92H135N15O14Si2. The number of carbonyl (C=O) groups excluding carboxylic acids is 2. The number of nitrogens with one attached hydrogen (secondary N) is 2. The molecule has 6 aromatic heterocycles. The van der Waals surface area contributed by atoms with Gasteiger partial charge >= 0.3 is 0 Å². The zero-order valence-corrected chi connectivity index (χ0v) is 77.7. The zero-order chi connectivity index (χ0) is 88.2. The minimum Gasteiger partial charge on any atom is -0.508 e. The van der Waals surface area contributed by atoms with Crippen molar-refractivity contribution < 1.29 is 51.7 Å². The highest BCUT2D eigenvalue weighted by Crippen LogP contribution is 2.45. The first-order valence-electron chi connectivity index (χ1n) is 44.9. The second kappa shape index (κ2) is 41.1. The number of amides is 2. The van der Waals surface area contributed by atoms with Crippen LogP contribution in [0.4, 0.5) is 0 Å². The number of hydrogen-bond acceptors (Lipinski definition) is 24. The summed E-state index contributed by atoms with van der Waals surface area (Å²) < 4.78 is 47.0. The van der Waals surface area contributed by atoms with Gasteiger partial charge in [-0.3, -0.25) is 37.7 Å². The van der Waals surface area contributed by atoms with Crippen molar-refractivity contribution in [3.05, 3.63) is 154 Å². The molecule has 9 aromatic rings. The fourth-order valence-electron chi connectivity index (χ4n) is 17.3. The summed E-state index contributed by atoms with van der Waals surface area (Å²) in [6, 6.07) is 16.9. The van der Waals surface area contributed by atoms with Crippen LogP contribution >= 0.6 is 0 Å². The number of aliphatic hydroxyl groups excluding tert-OH is 1. The Labute approximate surface area is 725 Å². The van der Waals surface area contributed by atoms with Crippen molar-refractivity contribution >= 4 is 61.4 Å². The van der Waals surface area contributed by atoms with Gasteiger partial charge in [0.25, 0.3) is 16.7 Å². The number of aromatic hydroxyl groups is 1. The molecule has 3 atom stereocenters. The fourth-order valence-corrected chi connectivity index (χ4v) is 19.8. The summed E-state index contributed by atoms with van der Waals surface area (Å²) in [6.45, 7) is 46.4. The molecule has 0 radical (unpaired) electrons. The number of phenols is 1. The Kier molecular flexibility index (Phi) is 31.2. The number of phenolic OH excluding ortho intramolecular Hbond substituents is 1. The second-order valence-corrected chi connectivity index (χ2v) is 46.9. The molecule has 670 valence electrons. The number of ether oxygens (including phenoxy) is 2. The van der Waals surface area contributed by atoms with E-state index in [1.54, 1.807) is 16.7 Å². The molecule has 123 heavy (non-hydrogen) atoms. The van der Waals surface area contributed by atoms with Crippen LogP contribution in [0.1, 0.15) is 250 Å². The first kappa shape index (κ1) is 93.4. The largest absolute Gasteiger partial charge is 0.508 e. The van der Waals surface area contributed by atoms with E-state index in [1.807, 2.05) is 79.3 Å². The highest BCUT2D eigenvalue weighted by molar-refractivity contribution is 6.74. The van der Waals surface area contributed by atoms with Gasteiger partial charge in [-0.1, -0.05) is 63.9 Å². The SMILES string of the molecule is CC(=O)NCCOc1ccc2c(C3CCN(CCc4c(C)nc5n(c4=O)CCCC5O[Si](C)(C)C(C)(C)C)CC3)noc2c1.CCCNC(C)=O.Cc1nc2n(c(=O)c1CCN1CCC(c3noc4cc(O)ccc34)CC1)CCCC2O[Si](C)(C)C(C)(C)C.Cc1nc2n(c(=O)c1CCN1CCC(c3noc4cc(OCCN)ccc34)CC1)CCCC2O. The number of carbonyl (C=O) groups is 2. The van der Waals surface area contributed by atoms with E-state index < -0.39 is 22.7 Å². The topological polar surface area (TPSA) is 354 Å². The Morgan fingerprint density at radius 3 is 1.21 bits per heavy atom. The zero-order valence-electron chi connectivity index (χ0n) is 75.7. The number of nitrogens with zero attached hydrogens (tertiary/aromatic N) is 12. The summed E-state index contributed by atoms with van der Waals surface area (Å²) in [5.41, 5.74) is 15.7. The smallest absolute Gasteiger partial charge is 0.257 e. The second-order valence-electron chi connectivity index (χ2n) is 37.4. The Balaban J connectivity index is 0.000000163. The number of benzene rings is 3. The van der Waals surface area contributed by atoms with Crippen molar-refractivity contribution in [2.24, 2.45) is 5.73 Å². The van der Waals surface area contributed by atoms with E-state index in [1.165, 1.54) is 13.8 Å². The van der Waals surface area contributed by atoms with Crippen LogP contribution in [-0.4, -0.2) is 189 Å². The van der Waals surface area contributed by atoms with Gasteiger partial charge in [0.05, 0.1) is 23.6 Å². The molecule has 0 spiro atoms. The molecule has 15 rings (SSSR count). The lowest BCUT2D eigenvalue weighted by molar-refractivity contribution is -0.119. The third-order valence-electron chi connectivity index (χ3n) is 26.6. The highest BCUT2D eigenvalue weighted by atomic mass is 28.4. The maximum absolute atomic E-state index is 13.7. The van der Waals surface area contributed by atoms with Crippen LogP contribution in [-0.2, 0) is 57.3 Å².